The van der Waals surface area contributed by atoms with E-state index in [4.69, 9.17) is 11.6 Å². The van der Waals surface area contributed by atoms with Gasteiger partial charge in [0.2, 0.25) is 5.91 Å². The number of carbonyl (C=O) groups is 4. The van der Waals surface area contributed by atoms with Gasteiger partial charge in [0.1, 0.15) is 5.70 Å². The first kappa shape index (κ1) is 30.1. The zero-order chi connectivity index (χ0) is 30.1. The molecule has 212 valence electrons. The topological polar surface area (TPSA) is 125 Å². The smallest absolute Gasteiger partial charge is 0.335 e. The summed E-state index contributed by atoms with van der Waals surface area (Å²) in [6, 6.07) is 26.9. The minimum atomic E-state index is -1.07. The molecule has 0 saturated heterocycles. The minimum Gasteiger partial charge on any atom is -0.478 e. The summed E-state index contributed by atoms with van der Waals surface area (Å²) in [6.45, 7) is 1.78. The fraction of sp³-hybridized carbons (Fsp3) is 0.0625. The first-order valence-electron chi connectivity index (χ1n) is 12.7. The highest BCUT2D eigenvalue weighted by Gasteiger charge is 2.15. The first-order valence-corrected chi connectivity index (χ1v) is 14.1. The van der Waals surface area contributed by atoms with Crippen LogP contribution in [0.3, 0.4) is 0 Å². The van der Waals surface area contributed by atoms with Crippen LogP contribution in [0.4, 0.5) is 11.4 Å². The zero-order valence-electron chi connectivity index (χ0n) is 22.4. The van der Waals surface area contributed by atoms with E-state index >= 15 is 0 Å². The van der Waals surface area contributed by atoms with Crippen molar-refractivity contribution in [3.63, 3.8) is 0 Å². The van der Waals surface area contributed by atoms with Gasteiger partial charge in [-0.1, -0.05) is 48.0 Å². The Morgan fingerprint density at radius 3 is 2.19 bits per heavy atom. The molecular formula is C32H26ClN3O5S. The quantitative estimate of drug-likeness (QED) is 0.122. The number of aromatic carboxylic acids is 1. The molecule has 3 amide bonds. The Morgan fingerprint density at radius 1 is 0.833 bits per heavy atom. The van der Waals surface area contributed by atoms with Crippen LogP contribution in [-0.2, 0) is 9.59 Å². The van der Waals surface area contributed by atoms with Crippen LogP contribution in [0, 0.1) is 6.92 Å². The van der Waals surface area contributed by atoms with E-state index in [1.165, 1.54) is 23.9 Å². The second-order valence-electron chi connectivity index (χ2n) is 9.08. The number of amides is 3. The van der Waals surface area contributed by atoms with E-state index < -0.39 is 17.8 Å². The number of nitrogens with one attached hydrogen (secondary N) is 3. The van der Waals surface area contributed by atoms with Crippen molar-refractivity contribution in [1.82, 2.24) is 5.32 Å². The van der Waals surface area contributed by atoms with E-state index in [2.05, 4.69) is 16.0 Å². The summed E-state index contributed by atoms with van der Waals surface area (Å²) in [5.41, 5.74) is 2.90. The van der Waals surface area contributed by atoms with Gasteiger partial charge in [-0.3, -0.25) is 14.4 Å². The Kier molecular flexibility index (Phi) is 10.1. The third-order valence-electron chi connectivity index (χ3n) is 5.95. The minimum absolute atomic E-state index is 0.0450. The van der Waals surface area contributed by atoms with Gasteiger partial charge in [-0.05, 0) is 84.8 Å². The molecule has 42 heavy (non-hydrogen) atoms. The number of rotatable bonds is 10. The lowest BCUT2D eigenvalue weighted by molar-refractivity contribution is -0.114. The molecule has 0 aromatic heterocycles. The lowest BCUT2D eigenvalue weighted by atomic mass is 10.1. The fourth-order valence-electron chi connectivity index (χ4n) is 3.73. The normalized spacial score (nSPS) is 11.0. The molecule has 0 spiro atoms. The van der Waals surface area contributed by atoms with Crippen molar-refractivity contribution in [1.29, 1.82) is 0 Å². The van der Waals surface area contributed by atoms with Crippen molar-refractivity contribution in [2.24, 2.45) is 0 Å². The van der Waals surface area contributed by atoms with E-state index in [-0.39, 0.29) is 22.9 Å². The van der Waals surface area contributed by atoms with Crippen LogP contribution in [0.25, 0.3) is 6.08 Å². The Morgan fingerprint density at radius 2 is 1.52 bits per heavy atom. The molecule has 0 aliphatic heterocycles. The second kappa shape index (κ2) is 14.2. The SMILES string of the molecule is Cc1ccc(C(=O)O)cc1NC(=O)CSc1ccc(NC(=O)/C(=C/c2ccc(Cl)cc2)NC(=O)c2ccccc2)cc1. The summed E-state index contributed by atoms with van der Waals surface area (Å²) in [5, 5.41) is 18.0. The molecule has 0 unspecified atom stereocenters. The monoisotopic (exact) mass is 599 g/mol. The summed E-state index contributed by atoms with van der Waals surface area (Å²) in [6.07, 6.45) is 1.56. The van der Waals surface area contributed by atoms with Crippen LogP contribution < -0.4 is 16.0 Å². The van der Waals surface area contributed by atoms with Crippen LogP contribution in [0.1, 0.15) is 31.8 Å². The fourth-order valence-corrected chi connectivity index (χ4v) is 4.55. The van der Waals surface area contributed by atoms with Crippen molar-refractivity contribution in [3.8, 4) is 0 Å². The van der Waals surface area contributed by atoms with Crippen LogP contribution in [0.15, 0.2) is 108 Å². The number of thioether (sulfide) groups is 1. The number of hydrogen-bond acceptors (Lipinski definition) is 5. The third kappa shape index (κ3) is 8.57. The average Bonchev–Trinajstić information content (AvgIpc) is 2.99. The number of halogens is 1. The molecule has 0 heterocycles. The van der Waals surface area contributed by atoms with E-state index in [0.29, 0.717) is 27.5 Å². The third-order valence-corrected chi connectivity index (χ3v) is 7.21. The van der Waals surface area contributed by atoms with Gasteiger partial charge in [-0.15, -0.1) is 11.8 Å². The molecule has 0 aliphatic rings. The van der Waals surface area contributed by atoms with Crippen molar-refractivity contribution in [2.75, 3.05) is 16.4 Å². The molecule has 0 radical (unpaired) electrons. The highest BCUT2D eigenvalue weighted by Crippen LogP contribution is 2.23. The molecule has 4 N–H and O–H groups in total. The van der Waals surface area contributed by atoms with Gasteiger partial charge in [0.15, 0.2) is 0 Å². The lowest BCUT2D eigenvalue weighted by Crippen LogP contribution is -2.30. The van der Waals surface area contributed by atoms with E-state index in [0.717, 1.165) is 10.5 Å². The number of aryl methyl sites for hydroxylation is 1. The van der Waals surface area contributed by atoms with Crippen molar-refractivity contribution in [2.45, 2.75) is 11.8 Å². The number of carboxylic acids is 1. The van der Waals surface area contributed by atoms with Gasteiger partial charge in [0, 0.05) is 26.9 Å². The molecule has 4 rings (SSSR count). The van der Waals surface area contributed by atoms with Gasteiger partial charge in [0.25, 0.3) is 11.8 Å². The van der Waals surface area contributed by atoms with Crippen molar-refractivity contribution in [3.05, 3.63) is 130 Å². The zero-order valence-corrected chi connectivity index (χ0v) is 24.0. The number of hydrogen-bond donors (Lipinski definition) is 4. The highest BCUT2D eigenvalue weighted by molar-refractivity contribution is 8.00. The van der Waals surface area contributed by atoms with Gasteiger partial charge < -0.3 is 21.1 Å². The highest BCUT2D eigenvalue weighted by atomic mass is 35.5. The maximum atomic E-state index is 13.2. The first-order chi connectivity index (χ1) is 20.2. The van der Waals surface area contributed by atoms with Crippen molar-refractivity contribution < 1.29 is 24.3 Å². The average molecular weight is 600 g/mol. The summed E-state index contributed by atoms with van der Waals surface area (Å²) in [7, 11) is 0. The largest absolute Gasteiger partial charge is 0.478 e. The maximum absolute atomic E-state index is 13.2. The van der Waals surface area contributed by atoms with Crippen LogP contribution in [0.2, 0.25) is 5.02 Å². The van der Waals surface area contributed by atoms with E-state index in [9.17, 15) is 24.3 Å². The standard InChI is InChI=1S/C32H26ClN3O5S/c1-20-7-10-23(32(40)41)18-27(20)35-29(37)19-42-26-15-13-25(14-16-26)34-31(39)28(17-21-8-11-24(33)12-9-21)36-30(38)22-5-3-2-4-6-22/h2-18H,19H2,1H3,(H,34,39)(H,35,37)(H,36,38)(H,40,41)/b28-17-. The Bertz CT molecular complexity index is 1640. The summed E-state index contributed by atoms with van der Waals surface area (Å²) < 4.78 is 0. The number of anilines is 2. The van der Waals surface area contributed by atoms with Crippen molar-refractivity contribution >= 4 is 64.5 Å². The number of carbonyl (C=O) groups excluding carboxylic acids is 3. The van der Waals surface area contributed by atoms with Gasteiger partial charge in [0.05, 0.1) is 11.3 Å². The molecule has 0 aliphatic carbocycles. The van der Waals surface area contributed by atoms with Crippen LogP contribution >= 0.6 is 23.4 Å². The molecular weight excluding hydrogens is 574 g/mol. The summed E-state index contributed by atoms with van der Waals surface area (Å²) in [5.74, 6) is -2.21. The lowest BCUT2D eigenvalue weighted by Gasteiger charge is -2.12. The predicted molar refractivity (Wildman–Crippen MR) is 166 cm³/mol. The molecule has 4 aromatic rings. The molecule has 0 atom stereocenters. The van der Waals surface area contributed by atoms with E-state index in [1.807, 2.05) is 0 Å². The number of carboxylic acid groups (broad SMARTS) is 1. The Hall–Kier alpha value is -4.86. The molecule has 10 heteroatoms. The van der Waals surface area contributed by atoms with Gasteiger partial charge in [-0.2, -0.15) is 0 Å². The van der Waals surface area contributed by atoms with Gasteiger partial charge in [-0.25, -0.2) is 4.79 Å². The molecule has 8 nitrogen and oxygen atoms in total. The predicted octanol–water partition coefficient (Wildman–Crippen LogP) is 6.49. The summed E-state index contributed by atoms with van der Waals surface area (Å²) >= 11 is 7.27. The molecule has 4 aromatic carbocycles. The van der Waals surface area contributed by atoms with Gasteiger partial charge >= 0.3 is 5.97 Å². The Balaban J connectivity index is 1.39. The second-order valence-corrected chi connectivity index (χ2v) is 10.6. The molecule has 0 fully saturated rings. The van der Waals surface area contributed by atoms with Crippen LogP contribution in [-0.4, -0.2) is 34.6 Å². The maximum Gasteiger partial charge on any atom is 0.335 e. The molecule has 0 saturated carbocycles. The summed E-state index contributed by atoms with van der Waals surface area (Å²) in [4.78, 5) is 50.5. The van der Waals surface area contributed by atoms with E-state index in [1.54, 1.807) is 97.9 Å². The Labute approximate surface area is 251 Å². The molecule has 0 bridgehead atoms. The van der Waals surface area contributed by atoms with Crippen LogP contribution in [0.5, 0.6) is 0 Å². The number of benzene rings is 4.